The quantitative estimate of drug-likeness (QED) is 0.675. The fraction of sp³-hybridized carbons (Fsp3) is 0.231. The van der Waals surface area contributed by atoms with E-state index >= 15 is 0 Å². The van der Waals surface area contributed by atoms with Crippen LogP contribution in [-0.4, -0.2) is 4.92 Å². The molecule has 0 bridgehead atoms. The number of hydrogen-bond donors (Lipinski definition) is 1. The molecule has 0 saturated heterocycles. The monoisotopic (exact) mass is 298 g/mol. The van der Waals surface area contributed by atoms with Gasteiger partial charge < -0.3 is 5.32 Å². The van der Waals surface area contributed by atoms with Crippen LogP contribution in [0.4, 0.5) is 13.8 Å². The molecule has 0 saturated carbocycles. The molecule has 2 aromatic rings. The molecule has 0 aliphatic carbocycles. The highest BCUT2D eigenvalue weighted by molar-refractivity contribution is 7.13. The highest BCUT2D eigenvalue weighted by atomic mass is 32.1. The van der Waals surface area contributed by atoms with Crippen LogP contribution in [0.2, 0.25) is 0 Å². The van der Waals surface area contributed by atoms with Gasteiger partial charge >= 0.3 is 5.00 Å². The molecule has 4 nitrogen and oxygen atoms in total. The second-order valence-corrected chi connectivity index (χ2v) is 5.22. The van der Waals surface area contributed by atoms with Crippen molar-refractivity contribution >= 4 is 16.3 Å². The zero-order valence-electron chi connectivity index (χ0n) is 10.6. The van der Waals surface area contributed by atoms with Crippen LogP contribution in [0.25, 0.3) is 0 Å². The van der Waals surface area contributed by atoms with E-state index in [0.29, 0.717) is 12.1 Å². The molecular formula is C13H12F2N2O2S. The molecule has 7 heteroatoms. The molecule has 1 atom stereocenters. The van der Waals surface area contributed by atoms with E-state index in [4.69, 9.17) is 0 Å². The van der Waals surface area contributed by atoms with Gasteiger partial charge in [0.25, 0.3) is 0 Å². The Morgan fingerprint density at radius 1 is 1.35 bits per heavy atom. The normalized spacial score (nSPS) is 12.3. The number of thiophene rings is 1. The first-order chi connectivity index (χ1) is 9.47. The second-order valence-electron chi connectivity index (χ2n) is 4.33. The lowest BCUT2D eigenvalue weighted by Crippen LogP contribution is -2.18. The first-order valence-corrected chi connectivity index (χ1v) is 6.75. The summed E-state index contributed by atoms with van der Waals surface area (Å²) in [5, 5.41) is 15.5. The largest absolute Gasteiger partial charge is 0.324 e. The smallest absolute Gasteiger partial charge is 0.306 e. The van der Waals surface area contributed by atoms with Crippen LogP contribution >= 0.6 is 11.3 Å². The van der Waals surface area contributed by atoms with Gasteiger partial charge in [0, 0.05) is 24.0 Å². The van der Waals surface area contributed by atoms with Crippen molar-refractivity contribution in [1.82, 2.24) is 5.32 Å². The summed E-state index contributed by atoms with van der Waals surface area (Å²) in [6.45, 7) is 2.23. The number of nitrogens with zero attached hydrogens (tertiary/aromatic N) is 1. The second kappa shape index (κ2) is 6.06. The van der Waals surface area contributed by atoms with E-state index in [1.54, 1.807) is 5.38 Å². The number of hydrogen-bond acceptors (Lipinski definition) is 4. The van der Waals surface area contributed by atoms with Gasteiger partial charge in [-0.3, -0.25) is 10.1 Å². The molecule has 0 aliphatic rings. The van der Waals surface area contributed by atoms with Crippen LogP contribution in [0, 0.1) is 21.7 Å². The lowest BCUT2D eigenvalue weighted by atomic mass is 10.1. The number of nitrogens with one attached hydrogen (secondary N) is 1. The minimum Gasteiger partial charge on any atom is -0.306 e. The van der Waals surface area contributed by atoms with Crippen molar-refractivity contribution in [3.63, 3.8) is 0 Å². The Hall–Kier alpha value is -1.86. The summed E-state index contributed by atoms with van der Waals surface area (Å²) < 4.78 is 26.0. The Balaban J connectivity index is 1.98. The molecule has 1 N–H and O–H groups in total. The molecule has 20 heavy (non-hydrogen) atoms. The first-order valence-electron chi connectivity index (χ1n) is 5.87. The Bertz CT molecular complexity index is 631. The summed E-state index contributed by atoms with van der Waals surface area (Å²) in [4.78, 5) is 10.1. The molecule has 0 radical (unpaired) electrons. The van der Waals surface area contributed by atoms with Crippen LogP contribution in [0.15, 0.2) is 29.6 Å². The minimum atomic E-state index is -0.887. The molecule has 106 valence electrons. The summed E-state index contributed by atoms with van der Waals surface area (Å²) in [6.07, 6.45) is 0. The summed E-state index contributed by atoms with van der Waals surface area (Å²) in [7, 11) is 0. The Kier molecular flexibility index (Phi) is 4.41. The van der Waals surface area contributed by atoms with Gasteiger partial charge in [-0.25, -0.2) is 8.78 Å². The average molecular weight is 298 g/mol. The topological polar surface area (TPSA) is 55.2 Å². The third kappa shape index (κ3) is 3.37. The molecule has 0 aliphatic heterocycles. The Labute approximate surface area is 118 Å². The maximum Gasteiger partial charge on any atom is 0.324 e. The van der Waals surface area contributed by atoms with E-state index in [9.17, 15) is 18.9 Å². The summed E-state index contributed by atoms with van der Waals surface area (Å²) in [5.41, 5.74) is 1.41. The van der Waals surface area contributed by atoms with Gasteiger partial charge in [-0.1, -0.05) is 17.4 Å². The van der Waals surface area contributed by atoms with Crippen molar-refractivity contribution in [2.24, 2.45) is 0 Å². The Morgan fingerprint density at radius 3 is 2.70 bits per heavy atom. The van der Waals surface area contributed by atoms with Crippen LogP contribution in [0.1, 0.15) is 24.1 Å². The molecule has 0 fully saturated rings. The summed E-state index contributed by atoms with van der Waals surface area (Å²) >= 11 is 1.06. The number of nitro groups is 1. The fourth-order valence-electron chi connectivity index (χ4n) is 1.72. The highest BCUT2D eigenvalue weighted by Gasteiger charge is 2.12. The van der Waals surface area contributed by atoms with Crippen LogP contribution in [-0.2, 0) is 6.54 Å². The lowest BCUT2D eigenvalue weighted by Gasteiger charge is -2.13. The summed E-state index contributed by atoms with van der Waals surface area (Å²) in [5.74, 6) is -1.77. The SMILES string of the molecule is CC(NCc1csc([N+](=O)[O-])c1)c1ccc(F)c(F)c1. The average Bonchev–Trinajstić information content (AvgIpc) is 2.88. The van der Waals surface area contributed by atoms with Crippen molar-refractivity contribution in [3.05, 3.63) is 62.5 Å². The fourth-order valence-corrected chi connectivity index (χ4v) is 2.45. The predicted octanol–water partition coefficient (Wildman–Crippen LogP) is 3.79. The van der Waals surface area contributed by atoms with Gasteiger partial charge in [0.15, 0.2) is 11.6 Å². The maximum absolute atomic E-state index is 13.1. The molecule has 0 amide bonds. The zero-order chi connectivity index (χ0) is 14.7. The highest BCUT2D eigenvalue weighted by Crippen LogP contribution is 2.23. The third-order valence-corrected chi connectivity index (χ3v) is 3.80. The molecule has 1 unspecified atom stereocenters. The molecule has 0 spiro atoms. The van der Waals surface area contributed by atoms with Crippen molar-refractivity contribution in [2.45, 2.75) is 19.5 Å². The third-order valence-electron chi connectivity index (χ3n) is 2.88. The van der Waals surface area contributed by atoms with Gasteiger partial charge in [-0.05, 0) is 30.2 Å². The van der Waals surface area contributed by atoms with Gasteiger partial charge in [-0.2, -0.15) is 0 Å². The molecule has 1 aromatic carbocycles. The van der Waals surface area contributed by atoms with Crippen molar-refractivity contribution < 1.29 is 13.7 Å². The molecule has 2 rings (SSSR count). The first kappa shape index (κ1) is 14.5. The predicted molar refractivity (Wildman–Crippen MR) is 72.6 cm³/mol. The van der Waals surface area contributed by atoms with E-state index in [2.05, 4.69) is 5.32 Å². The van der Waals surface area contributed by atoms with Gasteiger partial charge in [0.1, 0.15) is 0 Å². The number of benzene rings is 1. The zero-order valence-corrected chi connectivity index (χ0v) is 11.4. The maximum atomic E-state index is 13.1. The van der Waals surface area contributed by atoms with E-state index in [1.165, 1.54) is 12.1 Å². The van der Waals surface area contributed by atoms with Gasteiger partial charge in [0.2, 0.25) is 0 Å². The summed E-state index contributed by atoms with van der Waals surface area (Å²) in [6, 6.07) is 5.03. The van der Waals surface area contributed by atoms with E-state index in [-0.39, 0.29) is 11.0 Å². The van der Waals surface area contributed by atoms with E-state index in [0.717, 1.165) is 29.0 Å². The number of rotatable bonds is 5. The number of halogens is 2. The molecule has 1 heterocycles. The van der Waals surface area contributed by atoms with Crippen LogP contribution in [0.3, 0.4) is 0 Å². The van der Waals surface area contributed by atoms with Crippen molar-refractivity contribution in [1.29, 1.82) is 0 Å². The van der Waals surface area contributed by atoms with Crippen LogP contribution in [0.5, 0.6) is 0 Å². The van der Waals surface area contributed by atoms with Gasteiger partial charge in [-0.15, -0.1) is 0 Å². The standard InChI is InChI=1S/C13H12F2N2O2S/c1-8(10-2-3-11(14)12(15)5-10)16-6-9-4-13(17(18)19)20-7-9/h2-5,7-8,16H,6H2,1H3. The van der Waals surface area contributed by atoms with Crippen LogP contribution < -0.4 is 5.32 Å². The lowest BCUT2D eigenvalue weighted by molar-refractivity contribution is -0.380. The van der Waals surface area contributed by atoms with Gasteiger partial charge in [0.05, 0.1) is 4.92 Å². The Morgan fingerprint density at radius 2 is 2.10 bits per heavy atom. The van der Waals surface area contributed by atoms with Crippen molar-refractivity contribution in [2.75, 3.05) is 0 Å². The molecular weight excluding hydrogens is 286 g/mol. The van der Waals surface area contributed by atoms with Crippen molar-refractivity contribution in [3.8, 4) is 0 Å². The molecule has 1 aromatic heterocycles. The minimum absolute atomic E-state index is 0.0854. The van der Waals surface area contributed by atoms with E-state index in [1.807, 2.05) is 6.92 Å². The van der Waals surface area contributed by atoms with E-state index < -0.39 is 16.6 Å².